The van der Waals surface area contributed by atoms with Gasteiger partial charge in [-0.2, -0.15) is 0 Å². The average molecular weight is 455 g/mol. The monoisotopic (exact) mass is 454 g/mol. The number of ketones is 1. The lowest BCUT2D eigenvalue weighted by atomic mass is 9.96. The molecule has 0 bridgehead atoms. The summed E-state index contributed by atoms with van der Waals surface area (Å²) >= 11 is 2.78. The van der Waals surface area contributed by atoms with Crippen molar-refractivity contribution in [3.05, 3.63) is 82.2 Å². The van der Waals surface area contributed by atoms with Crippen molar-refractivity contribution < 1.29 is 9.59 Å². The summed E-state index contributed by atoms with van der Waals surface area (Å²) < 4.78 is 1.06. The van der Waals surface area contributed by atoms with Crippen LogP contribution in [0.15, 0.2) is 66.7 Å². The van der Waals surface area contributed by atoms with E-state index >= 15 is 0 Å². The number of rotatable bonds is 3. The molecule has 1 aliphatic rings. The lowest BCUT2D eigenvalue weighted by Gasteiger charge is -2.09. The number of carbonyl (C=O) groups excluding carboxylic acids is 2. The van der Waals surface area contributed by atoms with Crippen LogP contribution in [0.5, 0.6) is 0 Å². The van der Waals surface area contributed by atoms with Gasteiger partial charge in [0.2, 0.25) is 0 Å². The molecular formula is C26H18N2O2S2. The minimum atomic E-state index is -0.187. The first-order valence-electron chi connectivity index (χ1n) is 10.5. The lowest BCUT2D eigenvalue weighted by molar-refractivity contribution is 0.0975. The smallest absolute Gasteiger partial charge is 0.268 e. The second-order valence-electron chi connectivity index (χ2n) is 7.85. The van der Waals surface area contributed by atoms with E-state index in [-0.39, 0.29) is 11.7 Å². The van der Waals surface area contributed by atoms with Gasteiger partial charge in [-0.25, -0.2) is 4.98 Å². The largest absolute Gasteiger partial charge is 0.297 e. The Kier molecular flexibility index (Phi) is 4.63. The molecule has 1 amide bonds. The van der Waals surface area contributed by atoms with Crippen molar-refractivity contribution in [2.45, 2.75) is 19.3 Å². The summed E-state index contributed by atoms with van der Waals surface area (Å²) in [5, 5.41) is 6.79. The molecule has 0 aliphatic heterocycles. The van der Waals surface area contributed by atoms with Gasteiger partial charge in [0, 0.05) is 22.1 Å². The van der Waals surface area contributed by atoms with Crippen molar-refractivity contribution in [3.8, 4) is 11.1 Å². The van der Waals surface area contributed by atoms with Crippen LogP contribution in [-0.2, 0) is 6.42 Å². The third-order valence-corrected chi connectivity index (χ3v) is 8.07. The van der Waals surface area contributed by atoms with E-state index in [1.807, 2.05) is 36.4 Å². The standard InChI is InChI=1S/C26H18N2O2S2/c29-20-13-6-12-19-23(20)32-26(27-19)28-25(30)24-22(18-10-3-4-14-21(18)31-24)17-11-5-8-15-7-1-2-9-16(15)17/h1-5,7-11,14H,6,12-13H2,(H,27,28,30). The highest BCUT2D eigenvalue weighted by Crippen LogP contribution is 2.42. The molecular weight excluding hydrogens is 436 g/mol. The number of hydrogen-bond donors (Lipinski definition) is 1. The van der Waals surface area contributed by atoms with Crippen LogP contribution in [0.3, 0.4) is 0 Å². The maximum Gasteiger partial charge on any atom is 0.268 e. The highest BCUT2D eigenvalue weighted by atomic mass is 32.1. The number of anilines is 1. The second-order valence-corrected chi connectivity index (χ2v) is 9.91. The Morgan fingerprint density at radius 1 is 0.875 bits per heavy atom. The van der Waals surface area contributed by atoms with Crippen LogP contribution >= 0.6 is 22.7 Å². The van der Waals surface area contributed by atoms with Crippen LogP contribution < -0.4 is 5.32 Å². The predicted molar refractivity (Wildman–Crippen MR) is 132 cm³/mol. The van der Waals surface area contributed by atoms with Gasteiger partial charge in [-0.05, 0) is 35.2 Å². The summed E-state index contributed by atoms with van der Waals surface area (Å²) in [7, 11) is 0. The number of thiazole rings is 1. The van der Waals surface area contributed by atoms with Crippen LogP contribution in [0, 0.1) is 0 Å². The average Bonchev–Trinajstić information content (AvgIpc) is 3.41. The molecule has 32 heavy (non-hydrogen) atoms. The maximum absolute atomic E-state index is 13.5. The molecule has 4 nitrogen and oxygen atoms in total. The molecule has 6 heteroatoms. The molecule has 0 fully saturated rings. The number of benzene rings is 3. The Labute approximate surface area is 192 Å². The molecule has 156 valence electrons. The quantitative estimate of drug-likeness (QED) is 0.321. The third-order valence-electron chi connectivity index (χ3n) is 5.85. The van der Waals surface area contributed by atoms with Gasteiger partial charge in [-0.15, -0.1) is 11.3 Å². The summed E-state index contributed by atoms with van der Waals surface area (Å²) in [6, 6.07) is 22.6. The highest BCUT2D eigenvalue weighted by molar-refractivity contribution is 7.22. The second kappa shape index (κ2) is 7.65. The van der Waals surface area contributed by atoms with Crippen LogP contribution in [0.4, 0.5) is 5.13 Å². The number of aryl methyl sites for hydroxylation is 1. The van der Waals surface area contributed by atoms with Crippen LogP contribution in [-0.4, -0.2) is 16.7 Å². The Hall–Kier alpha value is -3.35. The fraction of sp³-hybridized carbons (Fsp3) is 0.115. The van der Waals surface area contributed by atoms with E-state index in [1.165, 1.54) is 22.7 Å². The van der Waals surface area contributed by atoms with Crippen LogP contribution in [0.25, 0.3) is 32.0 Å². The number of nitrogens with zero attached hydrogens (tertiary/aromatic N) is 1. The van der Waals surface area contributed by atoms with Gasteiger partial charge in [0.15, 0.2) is 10.9 Å². The van der Waals surface area contributed by atoms with E-state index in [4.69, 9.17) is 0 Å². The van der Waals surface area contributed by atoms with E-state index in [2.05, 4.69) is 40.6 Å². The van der Waals surface area contributed by atoms with Crippen LogP contribution in [0.2, 0.25) is 0 Å². The number of carbonyl (C=O) groups is 2. The van der Waals surface area contributed by atoms with Gasteiger partial charge in [0.25, 0.3) is 5.91 Å². The van der Waals surface area contributed by atoms with Crippen molar-refractivity contribution in [1.82, 2.24) is 4.98 Å². The Morgan fingerprint density at radius 3 is 2.53 bits per heavy atom. The van der Waals surface area contributed by atoms with E-state index in [0.29, 0.717) is 21.3 Å². The first kappa shape index (κ1) is 19.3. The maximum atomic E-state index is 13.5. The summed E-state index contributed by atoms with van der Waals surface area (Å²) in [6.07, 6.45) is 2.17. The van der Waals surface area contributed by atoms with Gasteiger partial charge in [-0.3, -0.25) is 14.9 Å². The Morgan fingerprint density at radius 2 is 1.66 bits per heavy atom. The van der Waals surface area contributed by atoms with Gasteiger partial charge in [0.1, 0.15) is 4.88 Å². The molecule has 1 aliphatic carbocycles. The van der Waals surface area contributed by atoms with Crippen molar-refractivity contribution in [2.24, 2.45) is 0 Å². The van der Waals surface area contributed by atoms with Gasteiger partial charge < -0.3 is 0 Å². The van der Waals surface area contributed by atoms with Gasteiger partial charge in [0.05, 0.1) is 10.6 Å². The zero-order valence-electron chi connectivity index (χ0n) is 17.1. The zero-order chi connectivity index (χ0) is 21.7. The Balaban J connectivity index is 1.49. The number of aromatic nitrogens is 1. The summed E-state index contributed by atoms with van der Waals surface area (Å²) in [4.78, 5) is 31.6. The number of Topliss-reactive ketones (excluding diaryl/α,β-unsaturated/α-hetero) is 1. The van der Waals surface area contributed by atoms with Crippen molar-refractivity contribution in [1.29, 1.82) is 0 Å². The zero-order valence-corrected chi connectivity index (χ0v) is 18.7. The third kappa shape index (κ3) is 3.15. The molecule has 1 N–H and O–H groups in total. The van der Waals surface area contributed by atoms with Crippen LogP contribution in [0.1, 0.15) is 37.9 Å². The molecule has 0 spiro atoms. The SMILES string of the molecule is O=C1CCCc2nc(NC(=O)c3sc4ccccc4c3-c3cccc4ccccc34)sc21. The molecule has 5 aromatic rings. The number of thiophene rings is 1. The molecule has 0 radical (unpaired) electrons. The molecule has 2 heterocycles. The topological polar surface area (TPSA) is 59.1 Å². The number of hydrogen-bond acceptors (Lipinski definition) is 5. The Bertz CT molecular complexity index is 1520. The van der Waals surface area contributed by atoms with Gasteiger partial charge in [-0.1, -0.05) is 72.0 Å². The normalized spacial score (nSPS) is 13.4. The predicted octanol–water partition coefficient (Wildman–Crippen LogP) is 6.95. The van der Waals surface area contributed by atoms with Crippen molar-refractivity contribution in [2.75, 3.05) is 5.32 Å². The summed E-state index contributed by atoms with van der Waals surface area (Å²) in [5.74, 6) is -0.0600. The van der Waals surface area contributed by atoms with Crippen molar-refractivity contribution in [3.63, 3.8) is 0 Å². The minimum Gasteiger partial charge on any atom is -0.297 e. The summed E-state index contributed by atoms with van der Waals surface area (Å²) in [6.45, 7) is 0. The van der Waals surface area contributed by atoms with Gasteiger partial charge >= 0.3 is 0 Å². The molecule has 0 atom stereocenters. The lowest BCUT2D eigenvalue weighted by Crippen LogP contribution is -2.11. The van der Waals surface area contributed by atoms with E-state index < -0.39 is 0 Å². The minimum absolute atomic E-state index is 0.127. The van der Waals surface area contributed by atoms with E-state index in [9.17, 15) is 9.59 Å². The fourth-order valence-corrected chi connectivity index (χ4v) is 6.48. The number of fused-ring (bicyclic) bond motifs is 3. The van der Waals surface area contributed by atoms with E-state index in [1.54, 1.807) is 0 Å². The number of nitrogens with one attached hydrogen (secondary N) is 1. The number of amides is 1. The first-order chi connectivity index (χ1) is 15.7. The molecule has 6 rings (SSSR count). The van der Waals surface area contributed by atoms with Crippen molar-refractivity contribution >= 4 is 60.4 Å². The molecule has 2 aromatic heterocycles. The van der Waals surface area contributed by atoms with E-state index in [0.717, 1.165) is 50.5 Å². The first-order valence-corrected chi connectivity index (χ1v) is 12.2. The fourth-order valence-electron chi connectivity index (χ4n) is 4.39. The summed E-state index contributed by atoms with van der Waals surface area (Å²) in [5.41, 5.74) is 2.80. The molecule has 3 aromatic carbocycles. The molecule has 0 saturated heterocycles. The molecule has 0 saturated carbocycles. The highest BCUT2D eigenvalue weighted by Gasteiger charge is 2.25. The molecule has 0 unspecified atom stereocenters.